The molecule has 0 aliphatic carbocycles. The highest BCUT2D eigenvalue weighted by atomic mass is 31.2. The molecule has 0 spiro atoms. The van der Waals surface area contributed by atoms with Crippen LogP contribution in [0.25, 0.3) is 0 Å². The lowest BCUT2D eigenvalue weighted by molar-refractivity contribution is -0.161. The first-order valence-electron chi connectivity index (χ1n) is 31.7. The van der Waals surface area contributed by atoms with Crippen molar-refractivity contribution in [3.63, 3.8) is 0 Å². The Morgan fingerprint density at radius 2 is 0.740 bits per heavy atom. The van der Waals surface area contributed by atoms with Gasteiger partial charge >= 0.3 is 19.8 Å². The minimum Gasteiger partial charge on any atom is -0.462 e. The van der Waals surface area contributed by atoms with E-state index in [2.05, 4.69) is 98.9 Å². The highest BCUT2D eigenvalue weighted by Crippen LogP contribution is 2.43. The molecule has 77 heavy (non-hydrogen) atoms. The number of esters is 2. The molecule has 0 radical (unpaired) electrons. The molecule has 0 heterocycles. The van der Waals surface area contributed by atoms with Gasteiger partial charge in [0.1, 0.15) is 6.61 Å². The van der Waals surface area contributed by atoms with Crippen LogP contribution in [0.2, 0.25) is 0 Å². The van der Waals surface area contributed by atoms with Gasteiger partial charge in [0.25, 0.3) is 0 Å². The Morgan fingerprint density at radius 1 is 0.403 bits per heavy atom. The molecule has 0 saturated carbocycles. The number of rotatable bonds is 59. The molecule has 444 valence electrons. The second-order valence-electron chi connectivity index (χ2n) is 20.9. The molecule has 0 saturated heterocycles. The summed E-state index contributed by atoms with van der Waals surface area (Å²) < 4.78 is 32.9. The Balaban J connectivity index is 3.87. The van der Waals surface area contributed by atoms with Gasteiger partial charge in [-0.3, -0.25) is 18.6 Å². The number of carbonyl (C=O) groups excluding carboxylic acids is 2. The first-order chi connectivity index (χ1) is 37.8. The van der Waals surface area contributed by atoms with E-state index in [9.17, 15) is 19.0 Å². The zero-order chi connectivity index (χ0) is 55.9. The van der Waals surface area contributed by atoms with Gasteiger partial charge in [-0.1, -0.05) is 284 Å². The van der Waals surface area contributed by atoms with Crippen molar-refractivity contribution in [2.45, 2.75) is 290 Å². The Morgan fingerprint density at radius 3 is 1.12 bits per heavy atom. The molecular formula is C67H118NO8P. The lowest BCUT2D eigenvalue weighted by Gasteiger charge is -2.19. The summed E-state index contributed by atoms with van der Waals surface area (Å²) in [5, 5.41) is 0. The standard InChI is InChI=1S/C67H118NO8P/c1-3-5-7-9-11-13-15-17-19-21-23-24-25-26-27-28-29-30-31-32-33-34-35-36-37-38-39-40-42-43-45-47-49-51-53-55-57-59-66(69)73-63-65(64-75-77(71,72)74-62-61-68)76-67(70)60-58-56-54-52-50-48-46-44-41-22-20-18-16-14-12-10-8-6-4-2/h6,8,12,14-15,17-18,20-21,23,41,44,48,50,54,56,65H,3-5,7,9-11,13,16,19,22,24-40,42-43,45-47,49,51-53,55,57-64,68H2,1-2H3,(H,71,72)/b8-6-,14-12-,17-15-,20-18-,23-21-,44-41-,50-48-,56-54-. The topological polar surface area (TPSA) is 134 Å². The van der Waals surface area contributed by atoms with Crippen molar-refractivity contribution in [2.24, 2.45) is 5.73 Å². The Hall–Kier alpha value is -3.07. The van der Waals surface area contributed by atoms with Crippen LogP contribution >= 0.6 is 7.82 Å². The van der Waals surface area contributed by atoms with E-state index in [1.807, 2.05) is 12.2 Å². The van der Waals surface area contributed by atoms with Crippen molar-refractivity contribution >= 4 is 19.8 Å². The molecule has 0 bridgehead atoms. The van der Waals surface area contributed by atoms with E-state index in [4.69, 9.17) is 24.3 Å². The molecule has 0 aromatic rings. The molecule has 3 N–H and O–H groups in total. The monoisotopic (exact) mass is 1100 g/mol. The Kier molecular flexibility index (Phi) is 59.7. The third-order valence-corrected chi connectivity index (χ3v) is 14.5. The van der Waals surface area contributed by atoms with Gasteiger partial charge < -0.3 is 20.1 Å². The lowest BCUT2D eigenvalue weighted by atomic mass is 10.0. The summed E-state index contributed by atoms with van der Waals surface area (Å²) in [7, 11) is -4.41. The average Bonchev–Trinajstić information content (AvgIpc) is 3.42. The van der Waals surface area contributed by atoms with E-state index in [0.29, 0.717) is 6.42 Å². The van der Waals surface area contributed by atoms with E-state index >= 15 is 0 Å². The molecule has 0 rings (SSSR count). The molecular weight excluding hydrogens is 978 g/mol. The SMILES string of the molecule is CC/C=C\C/C=C\C/C=C\C/C=C\C/C=C\C/C=C\CCC(=O)OC(COC(=O)CCCCCCCCCCCCCCCCCCCCCCCCCCC/C=C\C/C=C\CCCCCCC)COP(=O)(O)OCCN. The van der Waals surface area contributed by atoms with Gasteiger partial charge in [-0.15, -0.1) is 0 Å². The fourth-order valence-electron chi connectivity index (χ4n) is 8.81. The average molecular weight is 1100 g/mol. The van der Waals surface area contributed by atoms with Crippen LogP contribution in [0, 0.1) is 0 Å². The summed E-state index contributed by atoms with van der Waals surface area (Å²) in [4.78, 5) is 35.1. The molecule has 0 aliphatic heterocycles. The minimum absolute atomic E-state index is 0.0387. The van der Waals surface area contributed by atoms with Crippen LogP contribution in [0.3, 0.4) is 0 Å². The molecule has 2 unspecified atom stereocenters. The maximum atomic E-state index is 12.6. The van der Waals surface area contributed by atoms with Gasteiger partial charge in [-0.05, 0) is 83.5 Å². The first kappa shape index (κ1) is 73.9. The second kappa shape index (κ2) is 62.1. The quantitative estimate of drug-likeness (QED) is 0.0264. The third kappa shape index (κ3) is 62.0. The summed E-state index contributed by atoms with van der Waals surface area (Å²) >= 11 is 0. The van der Waals surface area contributed by atoms with Crippen LogP contribution in [0.1, 0.15) is 284 Å². The van der Waals surface area contributed by atoms with Gasteiger partial charge in [0.05, 0.1) is 13.2 Å². The highest BCUT2D eigenvalue weighted by molar-refractivity contribution is 7.47. The predicted octanol–water partition coefficient (Wildman–Crippen LogP) is 20.4. The number of allylic oxidation sites excluding steroid dienone is 16. The summed E-state index contributed by atoms with van der Waals surface area (Å²) in [5.74, 6) is -0.922. The number of hydrogen-bond donors (Lipinski definition) is 2. The fourth-order valence-corrected chi connectivity index (χ4v) is 9.58. The minimum atomic E-state index is -4.41. The summed E-state index contributed by atoms with van der Waals surface area (Å²) in [6.45, 7) is 3.55. The zero-order valence-corrected chi connectivity index (χ0v) is 50.6. The number of hydrogen-bond acceptors (Lipinski definition) is 8. The van der Waals surface area contributed by atoms with Gasteiger partial charge in [0.15, 0.2) is 6.10 Å². The highest BCUT2D eigenvalue weighted by Gasteiger charge is 2.26. The predicted molar refractivity (Wildman–Crippen MR) is 330 cm³/mol. The molecule has 0 fully saturated rings. The van der Waals surface area contributed by atoms with E-state index in [-0.39, 0.29) is 32.6 Å². The molecule has 0 aromatic heterocycles. The number of phosphoric acid groups is 1. The molecule has 0 aromatic carbocycles. The van der Waals surface area contributed by atoms with Crippen LogP contribution in [-0.2, 0) is 32.7 Å². The zero-order valence-electron chi connectivity index (χ0n) is 49.7. The van der Waals surface area contributed by atoms with Gasteiger partial charge in [0.2, 0.25) is 0 Å². The molecule has 0 amide bonds. The van der Waals surface area contributed by atoms with Crippen LogP contribution in [0.15, 0.2) is 97.2 Å². The van der Waals surface area contributed by atoms with E-state index in [1.165, 1.54) is 186 Å². The summed E-state index contributed by atoms with van der Waals surface area (Å²) in [5.41, 5.74) is 5.38. The number of carbonyl (C=O) groups is 2. The van der Waals surface area contributed by atoms with Gasteiger partial charge in [0, 0.05) is 19.4 Å². The number of phosphoric ester groups is 1. The van der Waals surface area contributed by atoms with Crippen molar-refractivity contribution < 1.29 is 37.6 Å². The van der Waals surface area contributed by atoms with Crippen LogP contribution in [0.5, 0.6) is 0 Å². The molecule has 0 aliphatic rings. The van der Waals surface area contributed by atoms with Crippen LogP contribution in [0.4, 0.5) is 0 Å². The summed E-state index contributed by atoms with van der Waals surface area (Å²) in [6, 6.07) is 0. The Labute approximate surface area is 474 Å². The Bertz CT molecular complexity index is 1580. The second-order valence-corrected chi connectivity index (χ2v) is 22.3. The van der Waals surface area contributed by atoms with Gasteiger partial charge in [-0.2, -0.15) is 0 Å². The maximum absolute atomic E-state index is 12.6. The number of unbranched alkanes of at least 4 members (excludes halogenated alkanes) is 30. The van der Waals surface area contributed by atoms with Crippen LogP contribution < -0.4 is 5.73 Å². The van der Waals surface area contributed by atoms with E-state index < -0.39 is 32.5 Å². The van der Waals surface area contributed by atoms with Crippen molar-refractivity contribution in [3.05, 3.63) is 97.2 Å². The van der Waals surface area contributed by atoms with Crippen molar-refractivity contribution in [3.8, 4) is 0 Å². The van der Waals surface area contributed by atoms with Crippen LogP contribution in [-0.4, -0.2) is 49.3 Å². The summed E-state index contributed by atoms with van der Waals surface area (Å²) in [6.07, 6.45) is 83.8. The van der Waals surface area contributed by atoms with Crippen molar-refractivity contribution in [2.75, 3.05) is 26.4 Å². The third-order valence-electron chi connectivity index (χ3n) is 13.5. The molecule has 2 atom stereocenters. The number of ether oxygens (including phenoxy) is 2. The van der Waals surface area contributed by atoms with Gasteiger partial charge in [-0.25, -0.2) is 4.57 Å². The lowest BCUT2D eigenvalue weighted by Crippen LogP contribution is -2.29. The number of nitrogens with two attached hydrogens (primary N) is 1. The molecule has 9 nitrogen and oxygen atoms in total. The van der Waals surface area contributed by atoms with E-state index in [1.54, 1.807) is 0 Å². The van der Waals surface area contributed by atoms with Crippen molar-refractivity contribution in [1.29, 1.82) is 0 Å². The first-order valence-corrected chi connectivity index (χ1v) is 33.2. The molecule has 10 heteroatoms. The maximum Gasteiger partial charge on any atom is 0.472 e. The normalized spacial score (nSPS) is 13.7. The fraction of sp³-hybridized carbons (Fsp3) is 0.731. The smallest absolute Gasteiger partial charge is 0.462 e. The largest absolute Gasteiger partial charge is 0.472 e. The van der Waals surface area contributed by atoms with E-state index in [0.717, 1.165) is 64.2 Å². The van der Waals surface area contributed by atoms with Crippen molar-refractivity contribution in [1.82, 2.24) is 0 Å².